The molecule has 3 heteroatoms. The topological polar surface area (TPSA) is 59.1 Å². The van der Waals surface area contributed by atoms with Gasteiger partial charge in [-0.05, 0) is 18.6 Å². The Morgan fingerprint density at radius 3 is 2.82 bits per heavy atom. The predicted molar refractivity (Wildman–Crippen MR) is 69.6 cm³/mol. The van der Waals surface area contributed by atoms with Crippen molar-refractivity contribution in [3.8, 4) is 0 Å². The number of pyridine rings is 1. The van der Waals surface area contributed by atoms with E-state index in [9.17, 15) is 5.11 Å². The van der Waals surface area contributed by atoms with Crippen LogP contribution in [0.1, 0.15) is 25.3 Å². The number of fused-ring (bicyclic) bond motifs is 1. The van der Waals surface area contributed by atoms with Crippen molar-refractivity contribution >= 4 is 10.9 Å². The van der Waals surface area contributed by atoms with Gasteiger partial charge in [0.2, 0.25) is 0 Å². The lowest BCUT2D eigenvalue weighted by molar-refractivity contribution is 0.0358. The zero-order valence-corrected chi connectivity index (χ0v) is 10.1. The van der Waals surface area contributed by atoms with Crippen molar-refractivity contribution < 1.29 is 5.11 Å². The van der Waals surface area contributed by atoms with Crippen molar-refractivity contribution in [1.82, 2.24) is 4.98 Å². The minimum absolute atomic E-state index is 0.223. The standard InChI is InChI=1S/C14H18N2O/c1-2-7-14(17,10-15)12-8-11-5-3-4-6-13(11)16-9-12/h3-6,8-9,17H,2,7,10,15H2,1H3. The third-order valence-electron chi connectivity index (χ3n) is 3.13. The Kier molecular flexibility index (Phi) is 3.41. The lowest BCUT2D eigenvalue weighted by Gasteiger charge is -2.26. The number of hydrogen-bond donors (Lipinski definition) is 2. The van der Waals surface area contributed by atoms with Gasteiger partial charge in [-0.1, -0.05) is 31.5 Å². The van der Waals surface area contributed by atoms with Crippen LogP contribution in [0.2, 0.25) is 0 Å². The number of rotatable bonds is 4. The van der Waals surface area contributed by atoms with E-state index in [1.807, 2.05) is 37.3 Å². The smallest absolute Gasteiger partial charge is 0.103 e. The van der Waals surface area contributed by atoms with Crippen LogP contribution < -0.4 is 5.73 Å². The third kappa shape index (κ3) is 2.30. The second-order valence-corrected chi connectivity index (χ2v) is 4.40. The number of nitrogens with two attached hydrogens (primary N) is 1. The molecule has 0 aliphatic carbocycles. The first kappa shape index (κ1) is 12.0. The van der Waals surface area contributed by atoms with Crippen molar-refractivity contribution in [3.05, 3.63) is 42.1 Å². The molecule has 1 heterocycles. The van der Waals surface area contributed by atoms with Gasteiger partial charge >= 0.3 is 0 Å². The molecule has 0 fully saturated rings. The van der Waals surface area contributed by atoms with Crippen LogP contribution in [0.4, 0.5) is 0 Å². The van der Waals surface area contributed by atoms with Gasteiger partial charge in [-0.25, -0.2) is 0 Å². The number of hydrogen-bond acceptors (Lipinski definition) is 3. The number of aliphatic hydroxyl groups is 1. The molecule has 2 aromatic rings. The first-order chi connectivity index (χ1) is 8.19. The van der Waals surface area contributed by atoms with Gasteiger partial charge < -0.3 is 10.8 Å². The molecule has 17 heavy (non-hydrogen) atoms. The summed E-state index contributed by atoms with van der Waals surface area (Å²) >= 11 is 0. The van der Waals surface area contributed by atoms with Gasteiger partial charge in [0.05, 0.1) is 5.52 Å². The predicted octanol–water partition coefficient (Wildman–Crippen LogP) is 2.18. The van der Waals surface area contributed by atoms with E-state index in [1.54, 1.807) is 6.20 Å². The Morgan fingerprint density at radius 2 is 2.12 bits per heavy atom. The van der Waals surface area contributed by atoms with Crippen molar-refractivity contribution in [2.24, 2.45) is 5.73 Å². The zero-order valence-electron chi connectivity index (χ0n) is 10.1. The lowest BCUT2D eigenvalue weighted by atomic mass is 9.90. The van der Waals surface area contributed by atoms with Gasteiger partial charge in [-0.3, -0.25) is 4.98 Å². The minimum atomic E-state index is -0.953. The summed E-state index contributed by atoms with van der Waals surface area (Å²) in [6.07, 6.45) is 3.27. The Labute approximate surface area is 101 Å². The third-order valence-corrected chi connectivity index (χ3v) is 3.13. The molecule has 0 aliphatic rings. The Morgan fingerprint density at radius 1 is 1.35 bits per heavy atom. The molecule has 0 radical (unpaired) electrons. The van der Waals surface area contributed by atoms with Crippen LogP contribution in [0.15, 0.2) is 36.5 Å². The van der Waals surface area contributed by atoms with E-state index in [0.717, 1.165) is 22.9 Å². The van der Waals surface area contributed by atoms with E-state index in [0.29, 0.717) is 6.42 Å². The quantitative estimate of drug-likeness (QED) is 0.846. The summed E-state index contributed by atoms with van der Waals surface area (Å²) in [6.45, 7) is 2.26. The molecule has 1 aromatic carbocycles. The molecule has 0 saturated heterocycles. The average molecular weight is 230 g/mol. The van der Waals surface area contributed by atoms with Gasteiger partial charge in [-0.15, -0.1) is 0 Å². The summed E-state index contributed by atoms with van der Waals surface area (Å²) in [7, 11) is 0. The first-order valence-corrected chi connectivity index (χ1v) is 5.97. The van der Waals surface area contributed by atoms with E-state index >= 15 is 0 Å². The highest BCUT2D eigenvalue weighted by Gasteiger charge is 2.26. The summed E-state index contributed by atoms with van der Waals surface area (Å²) in [5.41, 5.74) is 6.48. The Hall–Kier alpha value is -1.45. The number of benzene rings is 1. The van der Waals surface area contributed by atoms with E-state index in [2.05, 4.69) is 4.98 Å². The monoisotopic (exact) mass is 230 g/mol. The molecular weight excluding hydrogens is 212 g/mol. The molecule has 1 unspecified atom stereocenters. The fourth-order valence-corrected chi connectivity index (χ4v) is 2.10. The van der Waals surface area contributed by atoms with Gasteiger partial charge in [0.15, 0.2) is 0 Å². The number of aromatic nitrogens is 1. The van der Waals surface area contributed by atoms with Crippen molar-refractivity contribution in [2.45, 2.75) is 25.4 Å². The van der Waals surface area contributed by atoms with Crippen molar-refractivity contribution in [2.75, 3.05) is 6.54 Å². The SMILES string of the molecule is CCCC(O)(CN)c1cnc2ccccc2c1. The summed E-state index contributed by atoms with van der Waals surface area (Å²) < 4.78 is 0. The molecule has 3 N–H and O–H groups in total. The van der Waals surface area contributed by atoms with Gasteiger partial charge in [0, 0.05) is 23.7 Å². The van der Waals surface area contributed by atoms with Crippen LogP contribution >= 0.6 is 0 Å². The summed E-state index contributed by atoms with van der Waals surface area (Å²) in [5, 5.41) is 11.5. The maximum absolute atomic E-state index is 10.5. The molecule has 3 nitrogen and oxygen atoms in total. The first-order valence-electron chi connectivity index (χ1n) is 5.97. The zero-order chi connectivity index (χ0) is 12.3. The second kappa shape index (κ2) is 4.82. The molecule has 0 bridgehead atoms. The fourth-order valence-electron chi connectivity index (χ4n) is 2.10. The van der Waals surface area contributed by atoms with Crippen LogP contribution in [-0.4, -0.2) is 16.6 Å². The molecule has 0 aliphatic heterocycles. The normalized spacial score (nSPS) is 14.8. The van der Waals surface area contributed by atoms with E-state index in [-0.39, 0.29) is 6.54 Å². The molecule has 1 aromatic heterocycles. The van der Waals surface area contributed by atoms with Crippen LogP contribution in [0.25, 0.3) is 10.9 Å². The van der Waals surface area contributed by atoms with Gasteiger partial charge in [-0.2, -0.15) is 0 Å². The Bertz CT molecular complexity index is 512. The maximum Gasteiger partial charge on any atom is 0.103 e. The van der Waals surface area contributed by atoms with Crippen LogP contribution in [0.3, 0.4) is 0 Å². The van der Waals surface area contributed by atoms with Gasteiger partial charge in [0.25, 0.3) is 0 Å². The molecule has 1 atom stereocenters. The highest BCUT2D eigenvalue weighted by atomic mass is 16.3. The van der Waals surface area contributed by atoms with Crippen molar-refractivity contribution in [3.63, 3.8) is 0 Å². The van der Waals surface area contributed by atoms with E-state index in [1.165, 1.54) is 0 Å². The van der Waals surface area contributed by atoms with E-state index < -0.39 is 5.60 Å². The summed E-state index contributed by atoms with van der Waals surface area (Å²) in [5.74, 6) is 0. The van der Waals surface area contributed by atoms with Crippen LogP contribution in [-0.2, 0) is 5.60 Å². The molecular formula is C14H18N2O. The fraction of sp³-hybridized carbons (Fsp3) is 0.357. The molecule has 0 saturated carbocycles. The van der Waals surface area contributed by atoms with Crippen LogP contribution in [0.5, 0.6) is 0 Å². The van der Waals surface area contributed by atoms with Crippen LogP contribution in [0, 0.1) is 0 Å². The largest absolute Gasteiger partial charge is 0.384 e. The highest BCUT2D eigenvalue weighted by Crippen LogP contribution is 2.27. The second-order valence-electron chi connectivity index (χ2n) is 4.40. The van der Waals surface area contributed by atoms with Gasteiger partial charge in [0.1, 0.15) is 5.60 Å². The molecule has 0 amide bonds. The maximum atomic E-state index is 10.5. The summed E-state index contributed by atoms with van der Waals surface area (Å²) in [4.78, 5) is 4.36. The van der Waals surface area contributed by atoms with Crippen molar-refractivity contribution in [1.29, 1.82) is 0 Å². The molecule has 0 spiro atoms. The summed E-state index contributed by atoms with van der Waals surface area (Å²) in [6, 6.07) is 9.85. The molecule has 90 valence electrons. The number of nitrogens with zero attached hydrogens (tertiary/aromatic N) is 1. The lowest BCUT2D eigenvalue weighted by Crippen LogP contribution is -2.34. The Balaban J connectivity index is 2.47. The average Bonchev–Trinajstić information content (AvgIpc) is 2.38. The highest BCUT2D eigenvalue weighted by molar-refractivity contribution is 5.78. The van der Waals surface area contributed by atoms with E-state index in [4.69, 9.17) is 5.73 Å². The minimum Gasteiger partial charge on any atom is -0.384 e. The number of para-hydroxylation sites is 1. The molecule has 2 rings (SSSR count).